The molecule has 0 aliphatic heterocycles. The summed E-state index contributed by atoms with van der Waals surface area (Å²) in [6.45, 7) is 2.94. The van der Waals surface area contributed by atoms with Crippen molar-refractivity contribution < 1.29 is 32.9 Å². The largest absolute Gasteiger partial charge is 0.416 e. The quantitative estimate of drug-likeness (QED) is 0.391. The molecule has 1 aromatic rings. The van der Waals surface area contributed by atoms with Gasteiger partial charge in [-0.3, -0.25) is 4.90 Å². The SMILES string of the molecule is CN(C[C@H]1CC[C@H](CCCCCN(CCO)CCO)CC1)C(=O)Oc1ccc(C(F)(F)F)cc1. The van der Waals surface area contributed by atoms with Crippen molar-refractivity contribution in [2.45, 2.75) is 57.5 Å². The van der Waals surface area contributed by atoms with E-state index in [4.69, 9.17) is 14.9 Å². The van der Waals surface area contributed by atoms with Crippen molar-refractivity contribution in [3.05, 3.63) is 29.8 Å². The summed E-state index contributed by atoms with van der Waals surface area (Å²) in [6.07, 6.45) is 4.04. The molecule has 2 N–H and O–H groups in total. The lowest BCUT2D eigenvalue weighted by Crippen LogP contribution is -2.35. The van der Waals surface area contributed by atoms with Gasteiger partial charge in [0.25, 0.3) is 0 Å². The predicted octanol–water partition coefficient (Wildman–Crippen LogP) is 4.79. The van der Waals surface area contributed by atoms with E-state index < -0.39 is 17.8 Å². The molecule has 9 heteroatoms. The molecule has 1 fully saturated rings. The number of aliphatic hydroxyl groups excluding tert-OH is 2. The zero-order valence-electron chi connectivity index (χ0n) is 20.1. The van der Waals surface area contributed by atoms with Gasteiger partial charge in [-0.2, -0.15) is 13.2 Å². The van der Waals surface area contributed by atoms with Crippen LogP contribution >= 0.6 is 0 Å². The van der Waals surface area contributed by atoms with Gasteiger partial charge in [0.1, 0.15) is 5.75 Å². The van der Waals surface area contributed by atoms with Crippen molar-refractivity contribution in [2.75, 3.05) is 46.4 Å². The fraction of sp³-hybridized carbons (Fsp3) is 0.720. The molecule has 1 aliphatic rings. The predicted molar refractivity (Wildman–Crippen MR) is 125 cm³/mol. The molecule has 0 atom stereocenters. The summed E-state index contributed by atoms with van der Waals surface area (Å²) in [5, 5.41) is 18.1. The maximum atomic E-state index is 12.6. The summed E-state index contributed by atoms with van der Waals surface area (Å²) in [7, 11) is 1.66. The molecule has 1 amide bonds. The number of nitrogens with zero attached hydrogens (tertiary/aromatic N) is 2. The Labute approximate surface area is 200 Å². The normalized spacial score (nSPS) is 18.8. The fourth-order valence-electron chi connectivity index (χ4n) is 4.62. The van der Waals surface area contributed by atoms with Crippen LogP contribution in [0.4, 0.5) is 18.0 Å². The van der Waals surface area contributed by atoms with Crippen LogP contribution in [0.15, 0.2) is 24.3 Å². The van der Waals surface area contributed by atoms with E-state index in [9.17, 15) is 18.0 Å². The Bertz CT molecular complexity index is 701. The first-order valence-corrected chi connectivity index (χ1v) is 12.3. The second-order valence-electron chi connectivity index (χ2n) is 9.30. The highest BCUT2D eigenvalue weighted by Gasteiger charge is 2.30. The molecule has 194 valence electrons. The van der Waals surface area contributed by atoms with Crippen molar-refractivity contribution >= 4 is 6.09 Å². The van der Waals surface area contributed by atoms with Gasteiger partial charge in [-0.15, -0.1) is 0 Å². The third-order valence-electron chi connectivity index (χ3n) is 6.62. The average molecular weight is 489 g/mol. The first-order valence-electron chi connectivity index (χ1n) is 12.3. The molecular weight excluding hydrogens is 449 g/mol. The van der Waals surface area contributed by atoms with Gasteiger partial charge in [-0.1, -0.05) is 32.1 Å². The van der Waals surface area contributed by atoms with E-state index in [-0.39, 0.29) is 19.0 Å². The van der Waals surface area contributed by atoms with E-state index in [1.165, 1.54) is 17.7 Å². The van der Waals surface area contributed by atoms with E-state index in [0.29, 0.717) is 31.5 Å². The fourth-order valence-corrected chi connectivity index (χ4v) is 4.62. The number of halogens is 3. The maximum Gasteiger partial charge on any atom is 0.416 e. The van der Waals surface area contributed by atoms with Crippen molar-refractivity contribution in [3.63, 3.8) is 0 Å². The lowest BCUT2D eigenvalue weighted by Gasteiger charge is -2.31. The van der Waals surface area contributed by atoms with Crippen LogP contribution in [-0.4, -0.2) is 72.5 Å². The molecule has 1 saturated carbocycles. The number of benzene rings is 1. The number of carbonyl (C=O) groups excluding carboxylic acids is 1. The van der Waals surface area contributed by atoms with Gasteiger partial charge >= 0.3 is 12.3 Å². The van der Waals surface area contributed by atoms with E-state index in [1.54, 1.807) is 7.05 Å². The molecule has 2 rings (SSSR count). The topological polar surface area (TPSA) is 73.2 Å². The summed E-state index contributed by atoms with van der Waals surface area (Å²) >= 11 is 0. The van der Waals surface area contributed by atoms with E-state index in [2.05, 4.69) is 4.90 Å². The third-order valence-corrected chi connectivity index (χ3v) is 6.62. The van der Waals surface area contributed by atoms with Crippen LogP contribution in [0.25, 0.3) is 0 Å². The molecule has 34 heavy (non-hydrogen) atoms. The number of ether oxygens (including phenoxy) is 1. The number of hydrogen-bond acceptors (Lipinski definition) is 5. The summed E-state index contributed by atoms with van der Waals surface area (Å²) in [5.74, 6) is 1.22. The van der Waals surface area contributed by atoms with Gasteiger partial charge in [-0.05, 0) is 61.9 Å². The van der Waals surface area contributed by atoms with Crippen LogP contribution in [0, 0.1) is 11.8 Å². The lowest BCUT2D eigenvalue weighted by molar-refractivity contribution is -0.137. The van der Waals surface area contributed by atoms with Gasteiger partial charge < -0.3 is 19.8 Å². The minimum Gasteiger partial charge on any atom is -0.410 e. The molecule has 0 aromatic heterocycles. The van der Waals surface area contributed by atoms with Gasteiger partial charge in [0.05, 0.1) is 18.8 Å². The standard InChI is InChI=1S/C25H39F3N2O4/c1-29(24(33)34-23-12-10-22(11-13-23)25(26,27)28)19-21-8-6-20(7-9-21)5-3-2-4-14-30(15-17-31)16-18-32/h10-13,20-21,31-32H,2-9,14-19H2,1H3/t20-,21-. The Kier molecular flexibility index (Phi) is 12.1. The highest BCUT2D eigenvalue weighted by atomic mass is 19.4. The summed E-state index contributed by atoms with van der Waals surface area (Å²) in [5.41, 5.74) is -0.775. The highest BCUT2D eigenvalue weighted by molar-refractivity contribution is 5.70. The number of amides is 1. The van der Waals surface area contributed by atoms with Gasteiger partial charge in [0, 0.05) is 26.7 Å². The van der Waals surface area contributed by atoms with E-state index in [0.717, 1.165) is 69.3 Å². The van der Waals surface area contributed by atoms with Crippen LogP contribution < -0.4 is 4.74 Å². The molecule has 1 aliphatic carbocycles. The number of rotatable bonds is 13. The minimum atomic E-state index is -4.42. The molecule has 0 bridgehead atoms. The summed E-state index contributed by atoms with van der Waals surface area (Å²) in [6, 6.07) is 4.14. The van der Waals surface area contributed by atoms with Gasteiger partial charge in [-0.25, -0.2) is 4.79 Å². The minimum absolute atomic E-state index is 0.101. The Hall–Kier alpha value is -1.84. The van der Waals surface area contributed by atoms with Crippen molar-refractivity contribution in [1.82, 2.24) is 9.80 Å². The Balaban J connectivity index is 1.61. The first kappa shape index (κ1) is 28.4. The third kappa shape index (κ3) is 10.2. The van der Waals surface area contributed by atoms with Crippen LogP contribution in [0.1, 0.15) is 56.9 Å². The molecule has 0 saturated heterocycles. The van der Waals surface area contributed by atoms with Crippen molar-refractivity contribution in [1.29, 1.82) is 0 Å². The van der Waals surface area contributed by atoms with E-state index in [1.807, 2.05) is 0 Å². The molecule has 0 spiro atoms. The Morgan fingerprint density at radius 1 is 0.941 bits per heavy atom. The Morgan fingerprint density at radius 2 is 1.53 bits per heavy atom. The van der Waals surface area contributed by atoms with Crippen molar-refractivity contribution in [2.24, 2.45) is 11.8 Å². The highest BCUT2D eigenvalue weighted by Crippen LogP contribution is 2.33. The van der Waals surface area contributed by atoms with Crippen LogP contribution in [0.5, 0.6) is 5.75 Å². The van der Waals surface area contributed by atoms with Gasteiger partial charge in [0.2, 0.25) is 0 Å². The summed E-state index contributed by atoms with van der Waals surface area (Å²) in [4.78, 5) is 15.9. The van der Waals surface area contributed by atoms with Crippen molar-refractivity contribution in [3.8, 4) is 5.75 Å². The van der Waals surface area contributed by atoms with E-state index >= 15 is 0 Å². The second kappa shape index (κ2) is 14.5. The average Bonchev–Trinajstić information content (AvgIpc) is 2.80. The number of aliphatic hydroxyl groups is 2. The molecule has 6 nitrogen and oxygen atoms in total. The smallest absolute Gasteiger partial charge is 0.410 e. The number of unbranched alkanes of at least 4 members (excludes halogenated alkanes) is 2. The monoisotopic (exact) mass is 488 g/mol. The first-order chi connectivity index (χ1) is 16.2. The number of alkyl halides is 3. The molecule has 1 aromatic carbocycles. The zero-order chi connectivity index (χ0) is 25.0. The number of hydrogen-bond donors (Lipinski definition) is 2. The molecular formula is C25H39F3N2O4. The molecule has 0 radical (unpaired) electrons. The Morgan fingerprint density at radius 3 is 2.09 bits per heavy atom. The van der Waals surface area contributed by atoms with Crippen LogP contribution in [0.3, 0.4) is 0 Å². The van der Waals surface area contributed by atoms with Crippen LogP contribution in [0.2, 0.25) is 0 Å². The second-order valence-corrected chi connectivity index (χ2v) is 9.30. The zero-order valence-corrected chi connectivity index (χ0v) is 20.1. The molecule has 0 heterocycles. The van der Waals surface area contributed by atoms with Crippen LogP contribution in [-0.2, 0) is 6.18 Å². The molecule has 0 unspecified atom stereocenters. The summed E-state index contributed by atoms with van der Waals surface area (Å²) < 4.78 is 43.2. The van der Waals surface area contributed by atoms with Gasteiger partial charge in [0.15, 0.2) is 0 Å². The lowest BCUT2D eigenvalue weighted by atomic mass is 9.79. The number of carbonyl (C=O) groups is 1. The maximum absolute atomic E-state index is 12.6.